The second kappa shape index (κ2) is 8.77. The van der Waals surface area contributed by atoms with Crippen molar-refractivity contribution in [2.75, 3.05) is 0 Å². The number of hydrogen-bond donors (Lipinski definition) is 0. The molecule has 0 radical (unpaired) electrons. The summed E-state index contributed by atoms with van der Waals surface area (Å²) in [6.45, 7) is 2.01. The number of rotatable bonds is 6. The van der Waals surface area contributed by atoms with Gasteiger partial charge in [0.05, 0.1) is 0 Å². The van der Waals surface area contributed by atoms with E-state index in [0.29, 0.717) is 5.56 Å². The molecule has 0 amide bonds. The Morgan fingerprint density at radius 2 is 1.63 bits per heavy atom. The van der Waals surface area contributed by atoms with Crippen LogP contribution in [0.1, 0.15) is 62.5 Å². The molecular weight excluding hydrogens is 356 g/mol. The normalized spacial score (nSPS) is 19.9. The van der Waals surface area contributed by atoms with E-state index in [9.17, 15) is 17.6 Å². The molecule has 0 bridgehead atoms. The Labute approximate surface area is 157 Å². The Morgan fingerprint density at radius 1 is 0.889 bits per heavy atom. The van der Waals surface area contributed by atoms with Crippen LogP contribution in [0.5, 0.6) is 5.75 Å². The lowest BCUT2D eigenvalue weighted by Gasteiger charge is -2.29. The summed E-state index contributed by atoms with van der Waals surface area (Å²) in [7, 11) is 0. The van der Waals surface area contributed by atoms with Gasteiger partial charge in [-0.25, -0.2) is 13.2 Å². The fourth-order valence-electron chi connectivity index (χ4n) is 3.91. The Morgan fingerprint density at radius 3 is 2.30 bits per heavy atom. The van der Waals surface area contributed by atoms with Crippen LogP contribution in [0.4, 0.5) is 17.6 Å². The largest absolute Gasteiger partial charge is 0.486 e. The van der Waals surface area contributed by atoms with Gasteiger partial charge in [0.2, 0.25) is 5.82 Å². The lowest BCUT2D eigenvalue weighted by atomic mass is 9.77. The molecule has 0 N–H and O–H groups in total. The predicted octanol–water partition coefficient (Wildman–Crippen LogP) is 6.90. The van der Waals surface area contributed by atoms with Crippen LogP contribution in [0.2, 0.25) is 0 Å². The first-order chi connectivity index (χ1) is 13.0. The third-order valence-corrected chi connectivity index (χ3v) is 5.41. The molecule has 3 rings (SSSR count). The quantitative estimate of drug-likeness (QED) is 0.496. The summed E-state index contributed by atoms with van der Waals surface area (Å²) in [6.07, 6.45) is 6.50. The highest BCUT2D eigenvalue weighted by molar-refractivity contribution is 5.34. The Hall–Kier alpha value is -2.04. The zero-order chi connectivity index (χ0) is 19.4. The lowest BCUT2D eigenvalue weighted by Crippen LogP contribution is -2.14. The van der Waals surface area contributed by atoms with Gasteiger partial charge in [0.25, 0.3) is 0 Å². The molecule has 0 spiro atoms. The van der Waals surface area contributed by atoms with Crippen LogP contribution >= 0.6 is 0 Å². The van der Waals surface area contributed by atoms with Gasteiger partial charge in [-0.05, 0) is 72.9 Å². The van der Waals surface area contributed by atoms with Crippen LogP contribution in [0.25, 0.3) is 0 Å². The molecule has 5 heteroatoms. The van der Waals surface area contributed by atoms with E-state index in [0.717, 1.165) is 49.3 Å². The molecular formula is C22H24F4O. The van der Waals surface area contributed by atoms with Gasteiger partial charge in [-0.2, -0.15) is 4.39 Å². The van der Waals surface area contributed by atoms with Gasteiger partial charge in [-0.15, -0.1) is 0 Å². The van der Waals surface area contributed by atoms with Gasteiger partial charge >= 0.3 is 0 Å². The molecule has 1 aliphatic rings. The fourth-order valence-corrected chi connectivity index (χ4v) is 3.91. The molecule has 0 saturated heterocycles. The average molecular weight is 380 g/mol. The fraction of sp³-hybridized carbons (Fsp3) is 0.455. The van der Waals surface area contributed by atoms with E-state index < -0.39 is 23.3 Å². The molecule has 2 aromatic rings. The van der Waals surface area contributed by atoms with E-state index in [1.54, 1.807) is 6.07 Å². The third-order valence-electron chi connectivity index (χ3n) is 5.41. The molecule has 27 heavy (non-hydrogen) atoms. The van der Waals surface area contributed by atoms with E-state index in [1.807, 2.05) is 0 Å². The number of benzene rings is 2. The predicted molar refractivity (Wildman–Crippen MR) is 96.7 cm³/mol. The van der Waals surface area contributed by atoms with Crippen LogP contribution in [0.15, 0.2) is 30.3 Å². The highest BCUT2D eigenvalue weighted by Gasteiger charge is 2.24. The minimum absolute atomic E-state index is 0.166. The Balaban J connectivity index is 1.71. The van der Waals surface area contributed by atoms with Gasteiger partial charge in [-0.3, -0.25) is 0 Å². The second-order valence-electron chi connectivity index (χ2n) is 7.36. The van der Waals surface area contributed by atoms with Crippen LogP contribution in [0, 0.1) is 29.2 Å². The van der Waals surface area contributed by atoms with Crippen molar-refractivity contribution in [3.8, 4) is 5.75 Å². The average Bonchev–Trinajstić information content (AvgIpc) is 2.66. The van der Waals surface area contributed by atoms with Gasteiger partial charge < -0.3 is 4.74 Å². The van der Waals surface area contributed by atoms with E-state index in [2.05, 4.69) is 6.92 Å². The van der Waals surface area contributed by atoms with Crippen LogP contribution < -0.4 is 4.74 Å². The molecule has 1 fully saturated rings. The summed E-state index contributed by atoms with van der Waals surface area (Å²) in [5.74, 6) is -3.23. The first-order valence-corrected chi connectivity index (χ1v) is 9.53. The number of hydrogen-bond acceptors (Lipinski definition) is 1. The van der Waals surface area contributed by atoms with Gasteiger partial charge in [0.1, 0.15) is 6.61 Å². The monoisotopic (exact) mass is 380 g/mol. The van der Waals surface area contributed by atoms with Crippen molar-refractivity contribution < 1.29 is 22.3 Å². The molecule has 0 atom stereocenters. The highest BCUT2D eigenvalue weighted by Crippen LogP contribution is 2.39. The minimum Gasteiger partial charge on any atom is -0.486 e. The SMILES string of the molecule is CCC[C@H]1CC[C@H](c2cc(F)c(F)c(OCc3ccc(F)c(F)c3)c2)CC1. The molecule has 1 aliphatic carbocycles. The van der Waals surface area contributed by atoms with Crippen LogP contribution in [0.3, 0.4) is 0 Å². The summed E-state index contributed by atoms with van der Waals surface area (Å²) < 4.78 is 59.8. The van der Waals surface area contributed by atoms with Crippen molar-refractivity contribution >= 4 is 0 Å². The van der Waals surface area contributed by atoms with Crippen LogP contribution in [-0.4, -0.2) is 0 Å². The van der Waals surface area contributed by atoms with Crippen molar-refractivity contribution in [1.82, 2.24) is 0 Å². The number of ether oxygens (including phenoxy) is 1. The van der Waals surface area contributed by atoms with Gasteiger partial charge in [0.15, 0.2) is 23.2 Å². The maximum atomic E-state index is 14.1. The topological polar surface area (TPSA) is 9.23 Å². The zero-order valence-electron chi connectivity index (χ0n) is 15.4. The maximum Gasteiger partial charge on any atom is 0.200 e. The Kier molecular flexibility index (Phi) is 6.40. The summed E-state index contributed by atoms with van der Waals surface area (Å²) in [5, 5.41) is 0. The molecule has 0 aliphatic heterocycles. The third kappa shape index (κ3) is 4.82. The Bertz CT molecular complexity index is 782. The highest BCUT2D eigenvalue weighted by atomic mass is 19.2. The van der Waals surface area contributed by atoms with E-state index in [4.69, 9.17) is 4.74 Å². The van der Waals surface area contributed by atoms with Crippen molar-refractivity contribution in [1.29, 1.82) is 0 Å². The van der Waals surface area contributed by atoms with Crippen molar-refractivity contribution in [3.05, 3.63) is 64.7 Å². The summed E-state index contributed by atoms with van der Waals surface area (Å²) in [5.41, 5.74) is 1.09. The zero-order valence-corrected chi connectivity index (χ0v) is 15.4. The molecule has 0 unspecified atom stereocenters. The first-order valence-electron chi connectivity index (χ1n) is 9.53. The summed E-state index contributed by atoms with van der Waals surface area (Å²) >= 11 is 0. The minimum atomic E-state index is -1.05. The van der Waals surface area contributed by atoms with Crippen LogP contribution in [-0.2, 0) is 6.61 Å². The maximum absolute atomic E-state index is 14.1. The standard InChI is InChI=1S/C22H24F4O/c1-2-3-14-4-7-16(8-5-14)17-11-20(25)22(26)21(12-17)27-13-15-6-9-18(23)19(24)10-15/h6,9-12,14,16H,2-5,7-8,13H2,1H3/t14-,16-. The molecule has 1 saturated carbocycles. The van der Waals surface area contributed by atoms with E-state index >= 15 is 0 Å². The van der Waals surface area contributed by atoms with Crippen molar-refractivity contribution in [2.24, 2.45) is 5.92 Å². The van der Waals surface area contributed by atoms with Crippen molar-refractivity contribution in [2.45, 2.75) is 58.0 Å². The summed E-state index contributed by atoms with van der Waals surface area (Å²) in [6, 6.07) is 6.12. The van der Waals surface area contributed by atoms with Gasteiger partial charge in [0, 0.05) is 0 Å². The van der Waals surface area contributed by atoms with Crippen molar-refractivity contribution in [3.63, 3.8) is 0 Å². The van der Waals surface area contributed by atoms with E-state index in [1.165, 1.54) is 25.0 Å². The second-order valence-corrected chi connectivity index (χ2v) is 7.36. The van der Waals surface area contributed by atoms with Gasteiger partial charge in [-0.1, -0.05) is 25.8 Å². The van der Waals surface area contributed by atoms with E-state index in [-0.39, 0.29) is 18.3 Å². The molecule has 146 valence electrons. The molecule has 1 nitrogen and oxygen atoms in total. The molecule has 0 heterocycles. The number of halogens is 4. The molecule has 0 aromatic heterocycles. The summed E-state index contributed by atoms with van der Waals surface area (Å²) in [4.78, 5) is 0. The first kappa shape index (κ1) is 19.7. The lowest BCUT2D eigenvalue weighted by molar-refractivity contribution is 0.280. The molecule has 2 aromatic carbocycles. The smallest absolute Gasteiger partial charge is 0.200 e.